The number of hydrogen-bond donors (Lipinski definition) is 2. The number of nitrogens with two attached hydrogens (primary N) is 2. The normalized spacial score (nSPS) is 29.5. The van der Waals surface area contributed by atoms with Crippen molar-refractivity contribution < 1.29 is 14.3 Å². The fourth-order valence-electron chi connectivity index (χ4n) is 2.70. The standard InChI is InChI=1S/C12H21N3O3/c13-10-7-18-6-9(10)12(17)15-3-1-8(2-4-15)5-11(14)16/h8-10H,1-7,13H2,(H2,14,16). The predicted octanol–water partition coefficient (Wildman–Crippen LogP) is -0.926. The summed E-state index contributed by atoms with van der Waals surface area (Å²) in [6.07, 6.45) is 2.11. The molecule has 2 fully saturated rings. The zero-order valence-corrected chi connectivity index (χ0v) is 10.5. The van der Waals surface area contributed by atoms with Crippen LogP contribution in [0.15, 0.2) is 0 Å². The average Bonchev–Trinajstić information content (AvgIpc) is 2.75. The third-order valence-corrected chi connectivity index (χ3v) is 3.86. The number of primary amides is 1. The summed E-state index contributed by atoms with van der Waals surface area (Å²) in [5.74, 6) is -0.0405. The lowest BCUT2D eigenvalue weighted by Gasteiger charge is -2.33. The predicted molar refractivity (Wildman–Crippen MR) is 65.4 cm³/mol. The van der Waals surface area contributed by atoms with E-state index in [1.807, 2.05) is 4.90 Å². The van der Waals surface area contributed by atoms with Crippen LogP contribution in [0, 0.1) is 11.8 Å². The second kappa shape index (κ2) is 5.67. The van der Waals surface area contributed by atoms with Gasteiger partial charge in [-0.15, -0.1) is 0 Å². The second-order valence-corrected chi connectivity index (χ2v) is 5.25. The molecule has 2 unspecified atom stereocenters. The molecule has 2 atom stereocenters. The van der Waals surface area contributed by atoms with Crippen LogP contribution in [0.2, 0.25) is 0 Å². The van der Waals surface area contributed by atoms with E-state index in [0.29, 0.717) is 38.6 Å². The highest BCUT2D eigenvalue weighted by atomic mass is 16.5. The minimum atomic E-state index is -0.258. The Kier molecular flexibility index (Phi) is 4.19. The summed E-state index contributed by atoms with van der Waals surface area (Å²) in [5, 5.41) is 0. The first kappa shape index (κ1) is 13.3. The monoisotopic (exact) mass is 255 g/mol. The first-order valence-electron chi connectivity index (χ1n) is 6.48. The van der Waals surface area contributed by atoms with Crippen molar-refractivity contribution in [3.63, 3.8) is 0 Å². The molecular weight excluding hydrogens is 234 g/mol. The Bertz CT molecular complexity index is 327. The van der Waals surface area contributed by atoms with Gasteiger partial charge in [-0.1, -0.05) is 0 Å². The van der Waals surface area contributed by atoms with Crippen molar-refractivity contribution in [3.8, 4) is 0 Å². The van der Waals surface area contributed by atoms with Crippen LogP contribution in [0.1, 0.15) is 19.3 Å². The van der Waals surface area contributed by atoms with Gasteiger partial charge in [-0.2, -0.15) is 0 Å². The van der Waals surface area contributed by atoms with E-state index in [9.17, 15) is 9.59 Å². The van der Waals surface area contributed by atoms with Gasteiger partial charge in [-0.05, 0) is 18.8 Å². The highest BCUT2D eigenvalue weighted by Gasteiger charge is 2.35. The maximum atomic E-state index is 12.2. The lowest BCUT2D eigenvalue weighted by molar-refractivity contribution is -0.137. The molecule has 2 aliphatic heterocycles. The SMILES string of the molecule is NC(=O)CC1CCN(C(=O)C2COCC2N)CC1. The fourth-order valence-corrected chi connectivity index (χ4v) is 2.70. The van der Waals surface area contributed by atoms with Crippen LogP contribution in [-0.2, 0) is 14.3 Å². The molecule has 0 aliphatic carbocycles. The molecule has 6 nitrogen and oxygen atoms in total. The van der Waals surface area contributed by atoms with Crippen LogP contribution in [-0.4, -0.2) is 49.1 Å². The molecule has 0 aromatic rings. The molecule has 0 bridgehead atoms. The third-order valence-electron chi connectivity index (χ3n) is 3.86. The minimum absolute atomic E-state index is 0.0949. The number of carbonyl (C=O) groups excluding carboxylic acids is 2. The number of nitrogens with zero attached hydrogens (tertiary/aromatic N) is 1. The van der Waals surface area contributed by atoms with E-state index >= 15 is 0 Å². The van der Waals surface area contributed by atoms with Crippen LogP contribution in [0.25, 0.3) is 0 Å². The zero-order chi connectivity index (χ0) is 13.1. The minimum Gasteiger partial charge on any atom is -0.379 e. The number of rotatable bonds is 3. The van der Waals surface area contributed by atoms with E-state index in [1.54, 1.807) is 0 Å². The lowest BCUT2D eigenvalue weighted by Crippen LogP contribution is -2.46. The third kappa shape index (κ3) is 3.00. The first-order valence-corrected chi connectivity index (χ1v) is 6.48. The van der Waals surface area contributed by atoms with Crippen molar-refractivity contribution in [2.24, 2.45) is 23.3 Å². The number of hydrogen-bond acceptors (Lipinski definition) is 4. The lowest BCUT2D eigenvalue weighted by atomic mass is 9.92. The Hall–Kier alpha value is -1.14. The van der Waals surface area contributed by atoms with Crippen LogP contribution < -0.4 is 11.5 Å². The quantitative estimate of drug-likeness (QED) is 0.681. The van der Waals surface area contributed by atoms with E-state index in [4.69, 9.17) is 16.2 Å². The molecule has 4 N–H and O–H groups in total. The first-order chi connectivity index (χ1) is 8.58. The zero-order valence-electron chi connectivity index (χ0n) is 10.5. The van der Waals surface area contributed by atoms with Gasteiger partial charge in [-0.3, -0.25) is 9.59 Å². The fraction of sp³-hybridized carbons (Fsp3) is 0.833. The molecule has 0 spiro atoms. The molecule has 2 heterocycles. The molecule has 18 heavy (non-hydrogen) atoms. The number of carbonyl (C=O) groups is 2. The van der Waals surface area contributed by atoms with Crippen molar-refractivity contribution >= 4 is 11.8 Å². The average molecular weight is 255 g/mol. The van der Waals surface area contributed by atoms with Gasteiger partial charge >= 0.3 is 0 Å². The smallest absolute Gasteiger partial charge is 0.229 e. The molecule has 2 amide bonds. The molecule has 0 radical (unpaired) electrons. The molecule has 2 aliphatic rings. The Morgan fingerprint density at radius 2 is 1.89 bits per heavy atom. The van der Waals surface area contributed by atoms with Crippen LogP contribution >= 0.6 is 0 Å². The molecule has 6 heteroatoms. The molecule has 0 saturated carbocycles. The van der Waals surface area contributed by atoms with Gasteiger partial charge in [0.05, 0.1) is 19.1 Å². The van der Waals surface area contributed by atoms with Crippen molar-refractivity contribution in [1.29, 1.82) is 0 Å². The second-order valence-electron chi connectivity index (χ2n) is 5.25. The van der Waals surface area contributed by atoms with Gasteiger partial charge in [0, 0.05) is 25.6 Å². The van der Waals surface area contributed by atoms with Gasteiger partial charge in [-0.25, -0.2) is 0 Å². The number of piperidine rings is 1. The van der Waals surface area contributed by atoms with Crippen LogP contribution in [0.5, 0.6) is 0 Å². The summed E-state index contributed by atoms with van der Waals surface area (Å²) >= 11 is 0. The topological polar surface area (TPSA) is 98.7 Å². The summed E-state index contributed by atoms with van der Waals surface area (Å²) in [4.78, 5) is 24.9. The van der Waals surface area contributed by atoms with Gasteiger partial charge < -0.3 is 21.1 Å². The van der Waals surface area contributed by atoms with Crippen molar-refractivity contribution in [2.45, 2.75) is 25.3 Å². The van der Waals surface area contributed by atoms with Crippen molar-refractivity contribution in [3.05, 3.63) is 0 Å². The highest BCUT2D eigenvalue weighted by Crippen LogP contribution is 2.23. The van der Waals surface area contributed by atoms with Crippen LogP contribution in [0.4, 0.5) is 0 Å². The van der Waals surface area contributed by atoms with E-state index in [1.165, 1.54) is 0 Å². The molecule has 2 rings (SSSR count). The molecule has 0 aromatic carbocycles. The number of likely N-dealkylation sites (tertiary alicyclic amines) is 1. The summed E-state index contributed by atoms with van der Waals surface area (Å²) < 4.78 is 5.22. The van der Waals surface area contributed by atoms with E-state index < -0.39 is 0 Å². The molecular formula is C12H21N3O3. The van der Waals surface area contributed by atoms with E-state index in [-0.39, 0.29) is 23.8 Å². The Morgan fingerprint density at radius 1 is 1.22 bits per heavy atom. The Balaban J connectivity index is 1.82. The maximum Gasteiger partial charge on any atom is 0.229 e. The van der Waals surface area contributed by atoms with Crippen LogP contribution in [0.3, 0.4) is 0 Å². The van der Waals surface area contributed by atoms with Crippen molar-refractivity contribution in [2.75, 3.05) is 26.3 Å². The maximum absolute atomic E-state index is 12.2. The summed E-state index contributed by atoms with van der Waals surface area (Å²) in [7, 11) is 0. The largest absolute Gasteiger partial charge is 0.379 e. The van der Waals surface area contributed by atoms with Gasteiger partial charge in [0.2, 0.25) is 11.8 Å². The summed E-state index contributed by atoms with van der Waals surface area (Å²) in [6, 6.07) is -0.180. The van der Waals surface area contributed by atoms with Gasteiger partial charge in [0.25, 0.3) is 0 Å². The molecule has 0 aromatic heterocycles. The Morgan fingerprint density at radius 3 is 2.39 bits per heavy atom. The highest BCUT2D eigenvalue weighted by molar-refractivity contribution is 5.80. The van der Waals surface area contributed by atoms with E-state index in [0.717, 1.165) is 12.8 Å². The van der Waals surface area contributed by atoms with Gasteiger partial charge in [0.1, 0.15) is 0 Å². The number of ether oxygens (including phenoxy) is 1. The summed E-state index contributed by atoms with van der Waals surface area (Å²) in [5.41, 5.74) is 11.0. The molecule has 2 saturated heterocycles. The summed E-state index contributed by atoms with van der Waals surface area (Å²) in [6.45, 7) is 2.29. The van der Waals surface area contributed by atoms with E-state index in [2.05, 4.69) is 0 Å². The van der Waals surface area contributed by atoms with Gasteiger partial charge in [0.15, 0.2) is 0 Å². The number of amides is 2. The molecule has 102 valence electrons. The van der Waals surface area contributed by atoms with Crippen molar-refractivity contribution in [1.82, 2.24) is 4.90 Å². The Labute approximate surface area is 107 Å².